The van der Waals surface area contributed by atoms with Crippen molar-refractivity contribution >= 4 is 5.91 Å². The van der Waals surface area contributed by atoms with Gasteiger partial charge in [-0.05, 0) is 88.0 Å². The van der Waals surface area contributed by atoms with E-state index < -0.39 is 0 Å². The Bertz CT molecular complexity index is 980. The molecule has 0 unspecified atom stereocenters. The van der Waals surface area contributed by atoms with E-state index in [1.165, 1.54) is 41.5 Å². The molecule has 0 saturated heterocycles. The Hall–Kier alpha value is -2.21. The molecule has 0 aliphatic heterocycles. The van der Waals surface area contributed by atoms with Gasteiger partial charge in [0.2, 0.25) is 5.91 Å². The second-order valence-electron chi connectivity index (χ2n) is 11.3. The first-order chi connectivity index (χ1) is 17.3. The summed E-state index contributed by atoms with van der Waals surface area (Å²) in [6, 6.07) is 19.3. The maximum absolute atomic E-state index is 12.3. The first-order valence-electron chi connectivity index (χ1n) is 13.9. The highest BCUT2D eigenvalue weighted by molar-refractivity contribution is 5.76. The molecule has 2 aromatic rings. The number of nitrogens with two attached hydrogens (primary N) is 1. The summed E-state index contributed by atoms with van der Waals surface area (Å²) >= 11 is 0. The number of carbonyl (C=O) groups excluding carboxylic acids is 1. The molecule has 0 radical (unpaired) electrons. The molecular weight excluding hydrogens is 446 g/mol. The van der Waals surface area contributed by atoms with Crippen LogP contribution in [0, 0.1) is 0 Å². The molecule has 2 saturated carbocycles. The number of hydrogen-bond acceptors (Lipinski definition) is 4. The van der Waals surface area contributed by atoms with Gasteiger partial charge in [0.05, 0.1) is 5.60 Å². The first-order valence-corrected chi connectivity index (χ1v) is 13.9. The van der Waals surface area contributed by atoms with E-state index >= 15 is 0 Å². The number of hydrogen-bond donors (Lipinski definition) is 3. The van der Waals surface area contributed by atoms with Crippen LogP contribution in [-0.4, -0.2) is 42.8 Å². The molecule has 2 atom stereocenters. The summed E-state index contributed by atoms with van der Waals surface area (Å²) in [7, 11) is 0. The van der Waals surface area contributed by atoms with Gasteiger partial charge < -0.3 is 21.1 Å². The molecule has 0 heterocycles. The van der Waals surface area contributed by atoms with E-state index in [2.05, 4.69) is 73.0 Å². The minimum absolute atomic E-state index is 0.0979. The van der Waals surface area contributed by atoms with Crippen molar-refractivity contribution in [1.82, 2.24) is 10.6 Å². The Morgan fingerprint density at radius 2 is 1.81 bits per heavy atom. The van der Waals surface area contributed by atoms with Crippen molar-refractivity contribution in [2.75, 3.05) is 13.2 Å². The van der Waals surface area contributed by atoms with E-state index in [9.17, 15) is 4.79 Å². The fourth-order valence-electron chi connectivity index (χ4n) is 5.48. The summed E-state index contributed by atoms with van der Waals surface area (Å²) < 4.78 is 5.70. The van der Waals surface area contributed by atoms with E-state index in [-0.39, 0.29) is 11.5 Å². The summed E-state index contributed by atoms with van der Waals surface area (Å²) in [6.45, 7) is 7.46. The standard InChI is InChI=1S/C31H45N3O2/c1-4-36-31(2,3)18-19-33-30(35)17-8-22-6-5-7-25(20-22)23-9-11-24(12-10-23)28-21-29(28)34-27-15-13-26(32)14-16-27/h5-7,9-12,20,26-29,34H,4,8,13-19,21,32H2,1-3H3,(H,33,35)/t26-,27-,28-,29+/m0/s1. The van der Waals surface area contributed by atoms with Crippen molar-refractivity contribution in [2.24, 2.45) is 5.73 Å². The van der Waals surface area contributed by atoms with E-state index in [1.807, 2.05) is 6.92 Å². The van der Waals surface area contributed by atoms with Crippen LogP contribution in [0.2, 0.25) is 0 Å². The molecule has 0 aromatic heterocycles. The van der Waals surface area contributed by atoms with Crippen molar-refractivity contribution in [2.45, 2.75) is 102 Å². The van der Waals surface area contributed by atoms with Gasteiger partial charge in [-0.1, -0.05) is 48.5 Å². The quantitative estimate of drug-likeness (QED) is 0.375. The molecule has 4 rings (SSSR count). The minimum atomic E-state index is -0.202. The number of aryl methyl sites for hydroxylation is 1. The number of nitrogens with one attached hydrogen (secondary N) is 2. The predicted molar refractivity (Wildman–Crippen MR) is 148 cm³/mol. The monoisotopic (exact) mass is 491 g/mol. The lowest BCUT2D eigenvalue weighted by Gasteiger charge is -2.27. The number of carbonyl (C=O) groups is 1. The van der Waals surface area contributed by atoms with E-state index in [4.69, 9.17) is 10.5 Å². The second kappa shape index (κ2) is 12.4. The lowest BCUT2D eigenvalue weighted by atomic mass is 9.91. The van der Waals surface area contributed by atoms with Gasteiger partial charge in [0.25, 0.3) is 0 Å². The van der Waals surface area contributed by atoms with E-state index in [1.54, 1.807) is 0 Å². The third-order valence-electron chi connectivity index (χ3n) is 7.84. The molecule has 4 N–H and O–H groups in total. The number of amides is 1. The molecule has 2 aromatic carbocycles. The fraction of sp³-hybridized carbons (Fsp3) is 0.581. The van der Waals surface area contributed by atoms with Crippen molar-refractivity contribution < 1.29 is 9.53 Å². The Kier molecular flexibility index (Phi) is 9.21. The Morgan fingerprint density at radius 3 is 2.53 bits per heavy atom. The van der Waals surface area contributed by atoms with Crippen LogP contribution in [0.15, 0.2) is 48.5 Å². The summed E-state index contributed by atoms with van der Waals surface area (Å²) in [5.74, 6) is 0.735. The summed E-state index contributed by atoms with van der Waals surface area (Å²) in [5.41, 5.74) is 10.9. The zero-order valence-electron chi connectivity index (χ0n) is 22.4. The van der Waals surface area contributed by atoms with Crippen LogP contribution in [-0.2, 0) is 16.0 Å². The molecule has 5 nitrogen and oxygen atoms in total. The number of ether oxygens (including phenoxy) is 1. The smallest absolute Gasteiger partial charge is 0.220 e. The Balaban J connectivity index is 1.23. The average Bonchev–Trinajstić information content (AvgIpc) is 3.63. The van der Waals surface area contributed by atoms with Crippen molar-refractivity contribution in [3.63, 3.8) is 0 Å². The topological polar surface area (TPSA) is 76.4 Å². The maximum atomic E-state index is 12.3. The molecule has 0 bridgehead atoms. The third-order valence-corrected chi connectivity index (χ3v) is 7.84. The third kappa shape index (κ3) is 7.89. The second-order valence-corrected chi connectivity index (χ2v) is 11.3. The van der Waals surface area contributed by atoms with Crippen molar-refractivity contribution in [3.8, 4) is 11.1 Å². The average molecular weight is 492 g/mol. The van der Waals surface area contributed by atoms with Crippen LogP contribution in [0.3, 0.4) is 0 Å². The largest absolute Gasteiger partial charge is 0.376 e. The van der Waals surface area contributed by atoms with Crippen LogP contribution >= 0.6 is 0 Å². The normalized spacial score (nSPS) is 23.9. The lowest BCUT2D eigenvalue weighted by molar-refractivity contribution is -0.121. The Labute approximate surface area is 217 Å². The molecule has 36 heavy (non-hydrogen) atoms. The van der Waals surface area contributed by atoms with Gasteiger partial charge >= 0.3 is 0 Å². The van der Waals surface area contributed by atoms with Crippen LogP contribution in [0.1, 0.15) is 82.8 Å². The molecule has 2 aliphatic carbocycles. The van der Waals surface area contributed by atoms with E-state index in [0.717, 1.165) is 25.7 Å². The lowest BCUT2D eigenvalue weighted by Crippen LogP contribution is -2.38. The SMILES string of the molecule is CCOC(C)(C)CCNC(=O)CCc1cccc(-c2ccc([C@@H]3C[C@H]3N[C@H]3CC[C@H](N)CC3)cc2)c1. The zero-order valence-corrected chi connectivity index (χ0v) is 22.4. The molecule has 1 amide bonds. The summed E-state index contributed by atoms with van der Waals surface area (Å²) in [5, 5.41) is 6.91. The highest BCUT2D eigenvalue weighted by Crippen LogP contribution is 2.42. The van der Waals surface area contributed by atoms with E-state index in [0.29, 0.717) is 43.6 Å². The highest BCUT2D eigenvalue weighted by atomic mass is 16.5. The van der Waals surface area contributed by atoms with Gasteiger partial charge in [0.15, 0.2) is 0 Å². The van der Waals surface area contributed by atoms with Gasteiger partial charge in [-0.3, -0.25) is 4.79 Å². The fourth-order valence-corrected chi connectivity index (χ4v) is 5.48. The van der Waals surface area contributed by atoms with Gasteiger partial charge in [-0.2, -0.15) is 0 Å². The number of rotatable bonds is 12. The van der Waals surface area contributed by atoms with Crippen LogP contribution in [0.4, 0.5) is 0 Å². The van der Waals surface area contributed by atoms with Crippen LogP contribution in [0.25, 0.3) is 11.1 Å². The first kappa shape index (κ1) is 26.8. The predicted octanol–water partition coefficient (Wildman–Crippen LogP) is 5.32. The van der Waals surface area contributed by atoms with Gasteiger partial charge in [0.1, 0.15) is 0 Å². The van der Waals surface area contributed by atoms with Gasteiger partial charge in [0, 0.05) is 43.6 Å². The van der Waals surface area contributed by atoms with Crippen molar-refractivity contribution in [1.29, 1.82) is 0 Å². The number of benzene rings is 2. The molecule has 2 fully saturated rings. The van der Waals surface area contributed by atoms with Gasteiger partial charge in [-0.25, -0.2) is 0 Å². The molecule has 5 heteroatoms. The van der Waals surface area contributed by atoms with Crippen LogP contribution < -0.4 is 16.4 Å². The summed E-state index contributed by atoms with van der Waals surface area (Å²) in [6.07, 6.45) is 8.03. The molecule has 196 valence electrons. The van der Waals surface area contributed by atoms with Crippen molar-refractivity contribution in [3.05, 3.63) is 59.7 Å². The molecule has 2 aliphatic rings. The van der Waals surface area contributed by atoms with Gasteiger partial charge in [-0.15, -0.1) is 0 Å². The molecular formula is C31H45N3O2. The highest BCUT2D eigenvalue weighted by Gasteiger charge is 2.39. The maximum Gasteiger partial charge on any atom is 0.220 e. The Morgan fingerprint density at radius 1 is 1.06 bits per heavy atom. The van der Waals surface area contributed by atoms with Crippen LogP contribution in [0.5, 0.6) is 0 Å². The minimum Gasteiger partial charge on any atom is -0.376 e. The molecule has 0 spiro atoms. The zero-order chi connectivity index (χ0) is 25.5. The summed E-state index contributed by atoms with van der Waals surface area (Å²) in [4.78, 5) is 12.3.